The molecule has 1 atom stereocenters. The normalized spacial score (nSPS) is 15.4. The number of hydrogen-bond acceptors (Lipinski definition) is 7. The summed E-state index contributed by atoms with van der Waals surface area (Å²) in [5.74, 6) is 1.87. The first-order valence-corrected chi connectivity index (χ1v) is 10.2. The first-order chi connectivity index (χ1) is 14.7. The first kappa shape index (κ1) is 20.5. The molecule has 3 heterocycles. The van der Waals surface area contributed by atoms with E-state index in [4.69, 9.17) is 14.6 Å². The Labute approximate surface area is 176 Å². The molecule has 1 N–H and O–H groups in total. The molecule has 1 fully saturated rings. The van der Waals surface area contributed by atoms with Crippen molar-refractivity contribution < 1.29 is 14.6 Å². The third-order valence-electron chi connectivity index (χ3n) is 5.01. The van der Waals surface area contributed by atoms with Gasteiger partial charge in [-0.1, -0.05) is 23.8 Å². The molecule has 30 heavy (non-hydrogen) atoms. The molecule has 8 nitrogen and oxygen atoms in total. The van der Waals surface area contributed by atoms with Crippen molar-refractivity contribution in [2.75, 3.05) is 44.4 Å². The molecular formula is C22H27N5O3. The number of rotatable bonds is 7. The average molecular weight is 409 g/mol. The Bertz CT molecular complexity index is 961. The van der Waals surface area contributed by atoms with E-state index in [1.165, 1.54) is 5.56 Å². The van der Waals surface area contributed by atoms with E-state index in [1.807, 2.05) is 37.4 Å². The molecule has 1 aromatic carbocycles. The van der Waals surface area contributed by atoms with E-state index >= 15 is 0 Å². The molecule has 1 aliphatic rings. The summed E-state index contributed by atoms with van der Waals surface area (Å²) in [6.07, 6.45) is 1.31. The lowest BCUT2D eigenvalue weighted by Gasteiger charge is -2.28. The second-order valence-corrected chi connectivity index (χ2v) is 7.18. The van der Waals surface area contributed by atoms with Crippen LogP contribution in [0.2, 0.25) is 0 Å². The van der Waals surface area contributed by atoms with Crippen molar-refractivity contribution >= 4 is 5.82 Å². The van der Waals surface area contributed by atoms with Gasteiger partial charge in [-0.25, -0.2) is 14.6 Å². The Morgan fingerprint density at radius 1 is 1.13 bits per heavy atom. The zero-order valence-electron chi connectivity index (χ0n) is 17.4. The maximum absolute atomic E-state index is 9.79. The third-order valence-corrected chi connectivity index (χ3v) is 5.01. The molecule has 0 aliphatic carbocycles. The monoisotopic (exact) mass is 409 g/mol. The van der Waals surface area contributed by atoms with Crippen LogP contribution in [-0.2, 0) is 9.47 Å². The Balaban J connectivity index is 1.72. The van der Waals surface area contributed by atoms with Gasteiger partial charge in [-0.3, -0.25) is 0 Å². The summed E-state index contributed by atoms with van der Waals surface area (Å²) in [6, 6.07) is 12.1. The minimum absolute atomic E-state index is 0.187. The van der Waals surface area contributed by atoms with Crippen molar-refractivity contribution in [2.24, 2.45) is 0 Å². The number of nitrogens with zero attached hydrogens (tertiary/aromatic N) is 5. The van der Waals surface area contributed by atoms with Gasteiger partial charge in [0.15, 0.2) is 11.6 Å². The summed E-state index contributed by atoms with van der Waals surface area (Å²) in [4.78, 5) is 11.5. The van der Waals surface area contributed by atoms with Crippen molar-refractivity contribution in [3.8, 4) is 17.1 Å². The number of benzene rings is 1. The lowest BCUT2D eigenvalue weighted by molar-refractivity contribution is 0.0134. The number of hydrogen-bond donors (Lipinski definition) is 1. The Morgan fingerprint density at radius 3 is 2.67 bits per heavy atom. The highest BCUT2D eigenvalue weighted by Crippen LogP contribution is 2.23. The van der Waals surface area contributed by atoms with Crippen molar-refractivity contribution in [3.05, 3.63) is 54.0 Å². The van der Waals surface area contributed by atoms with Gasteiger partial charge in [-0.2, -0.15) is 5.10 Å². The standard InChI is InChI=1S/C22H27N5O3/c1-3-30-19(15-28)22-23-20(26-9-11-29-12-10-26)14-21(24-22)27-8-7-18(25-27)17-6-4-5-16(2)13-17/h4-8,13-14,19,28H,3,9-12,15H2,1-2H3/t19-/m0/s1. The summed E-state index contributed by atoms with van der Waals surface area (Å²) in [5.41, 5.74) is 3.11. The van der Waals surface area contributed by atoms with Crippen LogP contribution in [-0.4, -0.2) is 64.4 Å². The van der Waals surface area contributed by atoms with Crippen LogP contribution in [0, 0.1) is 6.92 Å². The van der Waals surface area contributed by atoms with Gasteiger partial charge < -0.3 is 19.5 Å². The van der Waals surface area contributed by atoms with Crippen molar-refractivity contribution in [1.82, 2.24) is 19.7 Å². The lowest BCUT2D eigenvalue weighted by atomic mass is 10.1. The molecule has 0 radical (unpaired) electrons. The van der Waals surface area contributed by atoms with Gasteiger partial charge in [-0.05, 0) is 26.0 Å². The number of morpholine rings is 1. The van der Waals surface area contributed by atoms with Gasteiger partial charge in [-0.15, -0.1) is 0 Å². The molecular weight excluding hydrogens is 382 g/mol. The predicted octanol–water partition coefficient (Wildman–Crippen LogP) is 2.54. The number of aromatic nitrogens is 4. The zero-order valence-corrected chi connectivity index (χ0v) is 17.4. The predicted molar refractivity (Wildman–Crippen MR) is 114 cm³/mol. The van der Waals surface area contributed by atoms with E-state index in [9.17, 15) is 5.11 Å². The van der Waals surface area contributed by atoms with Crippen LogP contribution in [0.5, 0.6) is 0 Å². The molecule has 0 unspecified atom stereocenters. The van der Waals surface area contributed by atoms with Gasteiger partial charge >= 0.3 is 0 Å². The fourth-order valence-electron chi connectivity index (χ4n) is 3.48. The van der Waals surface area contributed by atoms with Crippen molar-refractivity contribution in [1.29, 1.82) is 0 Å². The molecule has 158 valence electrons. The summed E-state index contributed by atoms with van der Waals surface area (Å²) in [6.45, 7) is 7.04. The molecule has 4 rings (SSSR count). The largest absolute Gasteiger partial charge is 0.393 e. The molecule has 0 bridgehead atoms. The van der Waals surface area contributed by atoms with E-state index in [0.717, 1.165) is 30.2 Å². The highest BCUT2D eigenvalue weighted by atomic mass is 16.5. The first-order valence-electron chi connectivity index (χ1n) is 10.2. The SMILES string of the molecule is CCO[C@@H](CO)c1nc(N2CCOCC2)cc(-n2ccc(-c3cccc(C)c3)n2)n1. The highest BCUT2D eigenvalue weighted by Gasteiger charge is 2.21. The van der Waals surface area contributed by atoms with Crippen molar-refractivity contribution in [2.45, 2.75) is 20.0 Å². The van der Waals surface area contributed by atoms with E-state index in [-0.39, 0.29) is 6.61 Å². The van der Waals surface area contributed by atoms with Gasteiger partial charge in [0.2, 0.25) is 0 Å². The molecule has 0 spiro atoms. The number of ether oxygens (including phenoxy) is 2. The second kappa shape index (κ2) is 9.34. The Kier molecular flexibility index (Phi) is 6.37. The van der Waals surface area contributed by atoms with Crippen LogP contribution >= 0.6 is 0 Å². The Hall–Kier alpha value is -2.81. The van der Waals surface area contributed by atoms with E-state index in [0.29, 0.717) is 31.5 Å². The number of aryl methyl sites for hydroxylation is 1. The summed E-state index contributed by atoms with van der Waals surface area (Å²) in [7, 11) is 0. The van der Waals surface area contributed by atoms with E-state index in [1.54, 1.807) is 4.68 Å². The average Bonchev–Trinajstić information content (AvgIpc) is 3.28. The molecule has 0 saturated carbocycles. The van der Waals surface area contributed by atoms with Gasteiger partial charge in [0.05, 0.1) is 25.5 Å². The Morgan fingerprint density at radius 2 is 1.93 bits per heavy atom. The van der Waals surface area contributed by atoms with Crippen LogP contribution < -0.4 is 4.90 Å². The number of aliphatic hydroxyl groups excluding tert-OH is 1. The molecule has 2 aromatic heterocycles. The van der Waals surface area contributed by atoms with Gasteiger partial charge in [0, 0.05) is 37.5 Å². The number of anilines is 1. The van der Waals surface area contributed by atoms with Crippen molar-refractivity contribution in [3.63, 3.8) is 0 Å². The minimum Gasteiger partial charge on any atom is -0.393 e. The van der Waals surface area contributed by atoms with E-state index in [2.05, 4.69) is 33.9 Å². The minimum atomic E-state index is -0.582. The van der Waals surface area contributed by atoms with Crippen LogP contribution in [0.3, 0.4) is 0 Å². The topological polar surface area (TPSA) is 85.5 Å². The maximum Gasteiger partial charge on any atom is 0.164 e. The van der Waals surface area contributed by atoms with Crippen LogP contribution in [0.15, 0.2) is 42.6 Å². The maximum atomic E-state index is 9.79. The summed E-state index contributed by atoms with van der Waals surface area (Å²) < 4.78 is 12.9. The van der Waals surface area contributed by atoms with Crippen LogP contribution in [0.4, 0.5) is 5.82 Å². The summed E-state index contributed by atoms with van der Waals surface area (Å²) in [5, 5.41) is 14.5. The smallest absolute Gasteiger partial charge is 0.164 e. The zero-order chi connectivity index (χ0) is 20.9. The molecule has 1 saturated heterocycles. The van der Waals surface area contributed by atoms with E-state index < -0.39 is 6.10 Å². The molecule has 0 amide bonds. The third kappa shape index (κ3) is 4.51. The molecule has 3 aromatic rings. The van der Waals surface area contributed by atoms with Gasteiger partial charge in [0.1, 0.15) is 11.9 Å². The van der Waals surface area contributed by atoms with Gasteiger partial charge in [0.25, 0.3) is 0 Å². The quantitative estimate of drug-likeness (QED) is 0.642. The highest BCUT2D eigenvalue weighted by molar-refractivity contribution is 5.60. The lowest BCUT2D eigenvalue weighted by Crippen LogP contribution is -2.37. The fourth-order valence-corrected chi connectivity index (χ4v) is 3.48. The molecule has 1 aliphatic heterocycles. The number of aliphatic hydroxyl groups is 1. The van der Waals surface area contributed by atoms with Crippen LogP contribution in [0.1, 0.15) is 24.4 Å². The van der Waals surface area contributed by atoms with Crippen LogP contribution in [0.25, 0.3) is 17.1 Å². The second-order valence-electron chi connectivity index (χ2n) is 7.18. The summed E-state index contributed by atoms with van der Waals surface area (Å²) >= 11 is 0. The molecule has 8 heteroatoms. The fraction of sp³-hybridized carbons (Fsp3) is 0.409.